The minimum atomic E-state index is -0.584. The van der Waals surface area contributed by atoms with Crippen molar-refractivity contribution >= 4 is 40.5 Å². The first-order valence-corrected chi connectivity index (χ1v) is 8.94. The smallest absolute Gasteiger partial charge is 0.302 e. The van der Waals surface area contributed by atoms with E-state index >= 15 is 0 Å². The predicted octanol–water partition coefficient (Wildman–Crippen LogP) is 1.49. The SMILES string of the molecule is CC(=O)OC/C(I)=C1/CO[C@H]2O[C@H](COC(C)=O)[C@@H](OC(C)=O)C[C@@H]12. The molecule has 8 nitrogen and oxygen atoms in total. The molecule has 0 bridgehead atoms. The van der Waals surface area contributed by atoms with Crippen molar-refractivity contribution in [3.63, 3.8) is 0 Å². The van der Waals surface area contributed by atoms with E-state index in [-0.39, 0.29) is 25.1 Å². The molecule has 0 aromatic rings. The fourth-order valence-corrected chi connectivity index (χ4v) is 3.54. The van der Waals surface area contributed by atoms with Gasteiger partial charge in [-0.2, -0.15) is 0 Å². The molecule has 0 unspecified atom stereocenters. The van der Waals surface area contributed by atoms with E-state index in [1.165, 1.54) is 20.8 Å². The van der Waals surface area contributed by atoms with Crippen LogP contribution in [0.1, 0.15) is 27.2 Å². The zero-order valence-corrected chi connectivity index (χ0v) is 16.4. The Morgan fingerprint density at radius 2 is 1.80 bits per heavy atom. The largest absolute Gasteiger partial charge is 0.463 e. The average Bonchev–Trinajstić information content (AvgIpc) is 2.92. The van der Waals surface area contributed by atoms with Gasteiger partial charge in [-0.25, -0.2) is 0 Å². The van der Waals surface area contributed by atoms with E-state index in [1.54, 1.807) is 0 Å². The molecule has 140 valence electrons. The van der Waals surface area contributed by atoms with Crippen LogP contribution < -0.4 is 0 Å². The molecule has 0 amide bonds. The molecular formula is C16H21IO8. The number of rotatable bonds is 5. The highest BCUT2D eigenvalue weighted by Crippen LogP contribution is 2.40. The van der Waals surface area contributed by atoms with Crippen LogP contribution in [-0.2, 0) is 38.1 Å². The van der Waals surface area contributed by atoms with Gasteiger partial charge in [0.25, 0.3) is 0 Å². The van der Waals surface area contributed by atoms with Gasteiger partial charge in [-0.1, -0.05) is 0 Å². The van der Waals surface area contributed by atoms with Crippen molar-refractivity contribution in [3.8, 4) is 0 Å². The maximum atomic E-state index is 11.4. The summed E-state index contributed by atoms with van der Waals surface area (Å²) in [6.45, 7) is 4.49. The van der Waals surface area contributed by atoms with Crippen molar-refractivity contribution < 1.29 is 38.1 Å². The summed E-state index contributed by atoms with van der Waals surface area (Å²) in [6, 6.07) is 0. The second kappa shape index (κ2) is 8.95. The van der Waals surface area contributed by atoms with Gasteiger partial charge >= 0.3 is 17.9 Å². The third-order valence-corrected chi connectivity index (χ3v) is 4.91. The van der Waals surface area contributed by atoms with Gasteiger partial charge in [0.1, 0.15) is 25.4 Å². The maximum Gasteiger partial charge on any atom is 0.302 e. The average molecular weight is 468 g/mol. The van der Waals surface area contributed by atoms with Gasteiger partial charge in [0.05, 0.1) is 6.61 Å². The number of halogens is 1. The second-order valence-corrected chi connectivity index (χ2v) is 7.16. The quantitative estimate of drug-likeness (QED) is 0.340. The Kier molecular flexibility index (Phi) is 7.20. The molecule has 0 aliphatic carbocycles. The van der Waals surface area contributed by atoms with Crippen molar-refractivity contribution in [3.05, 3.63) is 9.15 Å². The summed E-state index contributed by atoms with van der Waals surface area (Å²) in [5.41, 5.74) is 0.968. The lowest BCUT2D eigenvalue weighted by Crippen LogP contribution is -2.47. The summed E-state index contributed by atoms with van der Waals surface area (Å²) in [6.07, 6.45) is -1.16. The maximum absolute atomic E-state index is 11.4. The predicted molar refractivity (Wildman–Crippen MR) is 92.6 cm³/mol. The molecular weight excluding hydrogens is 447 g/mol. The lowest BCUT2D eigenvalue weighted by molar-refractivity contribution is -0.234. The molecule has 25 heavy (non-hydrogen) atoms. The highest BCUT2D eigenvalue weighted by atomic mass is 127. The zero-order chi connectivity index (χ0) is 18.6. The third kappa shape index (κ3) is 5.65. The third-order valence-electron chi connectivity index (χ3n) is 3.91. The molecule has 0 aromatic carbocycles. The lowest BCUT2D eigenvalue weighted by atomic mass is 9.89. The molecule has 0 spiro atoms. The Morgan fingerprint density at radius 3 is 2.40 bits per heavy atom. The summed E-state index contributed by atoms with van der Waals surface area (Å²) in [7, 11) is 0. The van der Waals surface area contributed by atoms with Gasteiger partial charge in [0, 0.05) is 30.3 Å². The van der Waals surface area contributed by atoms with E-state index in [0.29, 0.717) is 13.0 Å². The highest BCUT2D eigenvalue weighted by Gasteiger charge is 2.46. The first-order valence-electron chi connectivity index (χ1n) is 7.86. The van der Waals surface area contributed by atoms with Crippen molar-refractivity contribution in [1.29, 1.82) is 0 Å². The Hall–Kier alpha value is -1.20. The van der Waals surface area contributed by atoms with Crippen LogP contribution in [0, 0.1) is 5.92 Å². The van der Waals surface area contributed by atoms with Gasteiger partial charge in [0.15, 0.2) is 6.29 Å². The van der Waals surface area contributed by atoms with E-state index in [9.17, 15) is 14.4 Å². The van der Waals surface area contributed by atoms with Crippen LogP contribution in [-0.4, -0.2) is 56.2 Å². The molecule has 2 aliphatic heterocycles. The number of carbonyl (C=O) groups excluding carboxylic acids is 3. The molecule has 4 atom stereocenters. The summed E-state index contributed by atoms with van der Waals surface area (Å²) in [4.78, 5) is 33.4. The Bertz CT molecular complexity index is 572. The monoisotopic (exact) mass is 468 g/mol. The van der Waals surface area contributed by atoms with Gasteiger partial charge in [-0.15, -0.1) is 0 Å². The molecule has 0 radical (unpaired) electrons. The first kappa shape index (κ1) is 20.1. The minimum absolute atomic E-state index is 0.0105. The number of hydrogen-bond acceptors (Lipinski definition) is 8. The number of esters is 3. The summed E-state index contributed by atoms with van der Waals surface area (Å²) in [5, 5.41) is 0. The second-order valence-electron chi connectivity index (χ2n) is 5.86. The Labute approximate surface area is 159 Å². The molecule has 2 aliphatic rings. The van der Waals surface area contributed by atoms with Crippen LogP contribution in [0.2, 0.25) is 0 Å². The molecule has 0 aromatic heterocycles. The zero-order valence-electron chi connectivity index (χ0n) is 14.3. The fraction of sp³-hybridized carbons (Fsp3) is 0.688. The van der Waals surface area contributed by atoms with E-state index < -0.39 is 30.4 Å². The van der Waals surface area contributed by atoms with Crippen molar-refractivity contribution in [1.82, 2.24) is 0 Å². The summed E-state index contributed by atoms with van der Waals surface area (Å²) in [5.74, 6) is -1.33. The molecule has 2 saturated heterocycles. The Morgan fingerprint density at radius 1 is 1.12 bits per heavy atom. The molecule has 0 N–H and O–H groups in total. The highest BCUT2D eigenvalue weighted by molar-refractivity contribution is 14.1. The van der Waals surface area contributed by atoms with Gasteiger partial charge < -0.3 is 23.7 Å². The van der Waals surface area contributed by atoms with Crippen molar-refractivity contribution in [2.45, 2.75) is 45.7 Å². The van der Waals surface area contributed by atoms with Crippen molar-refractivity contribution in [2.24, 2.45) is 5.92 Å². The summed E-state index contributed by atoms with van der Waals surface area (Å²) < 4.78 is 27.8. The minimum Gasteiger partial charge on any atom is -0.463 e. The van der Waals surface area contributed by atoms with Gasteiger partial charge in [-0.3, -0.25) is 14.4 Å². The van der Waals surface area contributed by atoms with Crippen LogP contribution in [0.4, 0.5) is 0 Å². The Balaban J connectivity index is 2.11. The molecule has 2 heterocycles. The van der Waals surface area contributed by atoms with Crippen LogP contribution >= 0.6 is 22.6 Å². The normalized spacial score (nSPS) is 30.2. The number of fused-ring (bicyclic) bond motifs is 1. The van der Waals surface area contributed by atoms with Crippen LogP contribution in [0.15, 0.2) is 9.15 Å². The molecule has 2 rings (SSSR count). The first-order chi connectivity index (χ1) is 11.8. The lowest BCUT2D eigenvalue weighted by Gasteiger charge is -2.37. The van der Waals surface area contributed by atoms with Crippen molar-refractivity contribution in [2.75, 3.05) is 19.8 Å². The standard InChI is InChI=1S/C16H21IO8/c1-8(18)21-6-13(17)12-5-23-16-11(12)4-14(24-10(3)20)15(25-16)7-22-9(2)19/h11,14-16H,4-7H2,1-3H3/b13-12+/t11-,14-,15+,16-/m0/s1. The van der Waals surface area contributed by atoms with Gasteiger partial charge in [0.2, 0.25) is 0 Å². The number of hydrogen-bond donors (Lipinski definition) is 0. The van der Waals surface area contributed by atoms with Crippen LogP contribution in [0.5, 0.6) is 0 Å². The summed E-state index contributed by atoms with van der Waals surface area (Å²) >= 11 is 2.12. The van der Waals surface area contributed by atoms with E-state index in [2.05, 4.69) is 22.6 Å². The van der Waals surface area contributed by atoms with Crippen LogP contribution in [0.25, 0.3) is 0 Å². The fourth-order valence-electron chi connectivity index (χ4n) is 2.83. The van der Waals surface area contributed by atoms with Crippen LogP contribution in [0.3, 0.4) is 0 Å². The number of ether oxygens (including phenoxy) is 5. The van der Waals surface area contributed by atoms with Gasteiger partial charge in [-0.05, 0) is 34.6 Å². The van der Waals surface area contributed by atoms with E-state index in [1.807, 2.05) is 0 Å². The topological polar surface area (TPSA) is 97.4 Å². The number of carbonyl (C=O) groups is 3. The van der Waals surface area contributed by atoms with E-state index in [4.69, 9.17) is 23.7 Å². The van der Waals surface area contributed by atoms with E-state index in [0.717, 1.165) is 9.15 Å². The molecule has 2 fully saturated rings. The molecule has 9 heteroatoms. The molecule has 0 saturated carbocycles.